The van der Waals surface area contributed by atoms with Crippen molar-refractivity contribution in [3.8, 4) is 0 Å². The summed E-state index contributed by atoms with van der Waals surface area (Å²) in [6, 6.07) is 0.359. The van der Waals surface area contributed by atoms with E-state index in [2.05, 4.69) is 32.6 Å². The van der Waals surface area contributed by atoms with E-state index in [1.165, 1.54) is 32.1 Å². The fraction of sp³-hybridized carbons (Fsp3) is 0.615. The molecule has 2 heterocycles. The number of thiazole rings is 1. The molecular weight excluding hydrogens is 244 g/mol. The van der Waals surface area contributed by atoms with Gasteiger partial charge < -0.3 is 0 Å². The SMILES string of the molecule is NNC(Cc1cn2ccsc2n1)CC1CCCC1. The summed E-state index contributed by atoms with van der Waals surface area (Å²) in [5, 5.41) is 2.06. The molecule has 0 bridgehead atoms. The lowest BCUT2D eigenvalue weighted by atomic mass is 9.96. The summed E-state index contributed by atoms with van der Waals surface area (Å²) in [5.41, 5.74) is 4.11. The molecule has 2 aromatic rings. The van der Waals surface area contributed by atoms with Crippen molar-refractivity contribution in [3.05, 3.63) is 23.5 Å². The molecule has 4 nitrogen and oxygen atoms in total. The highest BCUT2D eigenvalue weighted by atomic mass is 32.1. The molecule has 0 aromatic carbocycles. The predicted octanol–water partition coefficient (Wildman–Crippen LogP) is 2.35. The molecule has 0 amide bonds. The molecule has 0 radical (unpaired) electrons. The van der Waals surface area contributed by atoms with E-state index in [1.807, 2.05) is 0 Å². The summed E-state index contributed by atoms with van der Waals surface area (Å²) in [5.74, 6) is 6.54. The summed E-state index contributed by atoms with van der Waals surface area (Å²) < 4.78 is 2.09. The Morgan fingerprint density at radius 3 is 3.06 bits per heavy atom. The molecule has 5 heteroatoms. The largest absolute Gasteiger partial charge is 0.297 e. The molecule has 1 atom stereocenters. The highest BCUT2D eigenvalue weighted by molar-refractivity contribution is 7.15. The third kappa shape index (κ3) is 2.58. The Bertz CT molecular complexity index is 469. The number of nitrogens with one attached hydrogen (secondary N) is 1. The maximum atomic E-state index is 5.69. The van der Waals surface area contributed by atoms with Gasteiger partial charge in [-0.25, -0.2) is 4.98 Å². The Labute approximate surface area is 111 Å². The second-order valence-corrected chi connectivity index (χ2v) is 6.15. The van der Waals surface area contributed by atoms with Gasteiger partial charge in [0.15, 0.2) is 4.96 Å². The highest BCUT2D eigenvalue weighted by Crippen LogP contribution is 2.29. The van der Waals surface area contributed by atoms with Crippen LogP contribution < -0.4 is 11.3 Å². The van der Waals surface area contributed by atoms with E-state index < -0.39 is 0 Å². The second kappa shape index (κ2) is 5.38. The van der Waals surface area contributed by atoms with Gasteiger partial charge in [0, 0.05) is 30.2 Å². The number of imidazole rings is 1. The van der Waals surface area contributed by atoms with Crippen LogP contribution in [0, 0.1) is 5.92 Å². The molecule has 3 N–H and O–H groups in total. The van der Waals surface area contributed by atoms with Gasteiger partial charge in [-0.1, -0.05) is 25.7 Å². The van der Waals surface area contributed by atoms with E-state index in [4.69, 9.17) is 5.84 Å². The van der Waals surface area contributed by atoms with Crippen molar-refractivity contribution in [2.45, 2.75) is 44.6 Å². The summed E-state index contributed by atoms with van der Waals surface area (Å²) in [6.07, 6.45) is 11.8. The standard InChI is InChI=1S/C13H20N4S/c14-16-11(7-10-3-1-2-4-10)8-12-9-17-5-6-18-13(17)15-12/h5-6,9-11,16H,1-4,7-8,14H2. The van der Waals surface area contributed by atoms with E-state index in [9.17, 15) is 0 Å². The molecule has 1 unspecified atom stereocenters. The van der Waals surface area contributed by atoms with Gasteiger partial charge in [-0.2, -0.15) is 0 Å². The van der Waals surface area contributed by atoms with Crippen molar-refractivity contribution in [2.24, 2.45) is 11.8 Å². The Kier molecular flexibility index (Phi) is 3.63. The van der Waals surface area contributed by atoms with E-state index in [0.717, 1.165) is 23.0 Å². The second-order valence-electron chi connectivity index (χ2n) is 5.28. The van der Waals surface area contributed by atoms with Crippen molar-refractivity contribution < 1.29 is 0 Å². The molecule has 18 heavy (non-hydrogen) atoms. The minimum absolute atomic E-state index is 0.359. The van der Waals surface area contributed by atoms with Gasteiger partial charge >= 0.3 is 0 Å². The lowest BCUT2D eigenvalue weighted by molar-refractivity contribution is 0.388. The van der Waals surface area contributed by atoms with Gasteiger partial charge in [-0.3, -0.25) is 15.7 Å². The van der Waals surface area contributed by atoms with Crippen molar-refractivity contribution in [1.29, 1.82) is 0 Å². The van der Waals surface area contributed by atoms with E-state index in [1.54, 1.807) is 11.3 Å². The maximum Gasteiger partial charge on any atom is 0.193 e. The molecule has 3 rings (SSSR count). The van der Waals surface area contributed by atoms with Gasteiger partial charge in [-0.05, 0) is 12.3 Å². The normalized spacial score (nSPS) is 18.7. The molecule has 0 spiro atoms. The van der Waals surface area contributed by atoms with Crippen LogP contribution in [0.4, 0.5) is 0 Å². The number of fused-ring (bicyclic) bond motifs is 1. The van der Waals surface area contributed by atoms with Crippen molar-refractivity contribution in [2.75, 3.05) is 0 Å². The Balaban J connectivity index is 1.63. The summed E-state index contributed by atoms with van der Waals surface area (Å²) in [4.78, 5) is 5.69. The third-order valence-electron chi connectivity index (χ3n) is 3.93. The number of nitrogens with two attached hydrogens (primary N) is 1. The molecule has 1 saturated carbocycles. The Morgan fingerprint density at radius 1 is 1.50 bits per heavy atom. The Morgan fingerprint density at radius 2 is 2.33 bits per heavy atom. The fourth-order valence-electron chi connectivity index (χ4n) is 2.99. The molecular formula is C13H20N4S. The number of rotatable bonds is 5. The minimum Gasteiger partial charge on any atom is -0.297 e. The molecule has 0 saturated heterocycles. The van der Waals surface area contributed by atoms with E-state index in [0.29, 0.717) is 6.04 Å². The third-order valence-corrected chi connectivity index (χ3v) is 4.70. The highest BCUT2D eigenvalue weighted by Gasteiger charge is 2.20. The molecule has 98 valence electrons. The van der Waals surface area contributed by atoms with Gasteiger partial charge in [0.05, 0.1) is 5.69 Å². The molecule has 1 fully saturated rings. The van der Waals surface area contributed by atoms with Crippen LogP contribution >= 0.6 is 11.3 Å². The smallest absolute Gasteiger partial charge is 0.193 e. The van der Waals surface area contributed by atoms with Crippen LogP contribution in [0.3, 0.4) is 0 Å². The van der Waals surface area contributed by atoms with Crippen LogP contribution in [0.15, 0.2) is 17.8 Å². The zero-order valence-electron chi connectivity index (χ0n) is 10.5. The van der Waals surface area contributed by atoms with Crippen LogP contribution in [-0.2, 0) is 6.42 Å². The average molecular weight is 264 g/mol. The quantitative estimate of drug-likeness (QED) is 0.644. The number of hydrogen-bond acceptors (Lipinski definition) is 4. The monoisotopic (exact) mass is 264 g/mol. The van der Waals surface area contributed by atoms with Crippen LogP contribution in [0.1, 0.15) is 37.8 Å². The van der Waals surface area contributed by atoms with Crippen LogP contribution in [0.5, 0.6) is 0 Å². The van der Waals surface area contributed by atoms with Gasteiger partial charge in [-0.15, -0.1) is 11.3 Å². The fourth-order valence-corrected chi connectivity index (χ4v) is 3.70. The first-order chi connectivity index (χ1) is 8.85. The van der Waals surface area contributed by atoms with Gasteiger partial charge in [0.1, 0.15) is 0 Å². The lowest BCUT2D eigenvalue weighted by Crippen LogP contribution is -2.38. The number of hydrazine groups is 1. The van der Waals surface area contributed by atoms with E-state index >= 15 is 0 Å². The van der Waals surface area contributed by atoms with Crippen molar-refractivity contribution >= 4 is 16.3 Å². The summed E-state index contributed by atoms with van der Waals surface area (Å²) in [7, 11) is 0. The zero-order chi connectivity index (χ0) is 12.4. The molecule has 0 aliphatic heterocycles. The van der Waals surface area contributed by atoms with Crippen molar-refractivity contribution in [1.82, 2.24) is 14.8 Å². The number of hydrogen-bond donors (Lipinski definition) is 2. The first-order valence-electron chi connectivity index (χ1n) is 6.72. The maximum absolute atomic E-state index is 5.69. The molecule has 2 aromatic heterocycles. The molecule has 1 aliphatic rings. The first kappa shape index (κ1) is 12.1. The number of aromatic nitrogens is 2. The van der Waals surface area contributed by atoms with Crippen LogP contribution in [-0.4, -0.2) is 15.4 Å². The molecule has 1 aliphatic carbocycles. The summed E-state index contributed by atoms with van der Waals surface area (Å²) in [6.45, 7) is 0. The van der Waals surface area contributed by atoms with E-state index in [-0.39, 0.29) is 0 Å². The zero-order valence-corrected chi connectivity index (χ0v) is 11.3. The van der Waals surface area contributed by atoms with Crippen molar-refractivity contribution in [3.63, 3.8) is 0 Å². The lowest BCUT2D eigenvalue weighted by Gasteiger charge is -2.18. The summed E-state index contributed by atoms with van der Waals surface area (Å²) >= 11 is 1.68. The van der Waals surface area contributed by atoms with Gasteiger partial charge in [0.25, 0.3) is 0 Å². The predicted molar refractivity (Wildman–Crippen MR) is 74.5 cm³/mol. The van der Waals surface area contributed by atoms with Crippen LogP contribution in [0.25, 0.3) is 4.96 Å². The van der Waals surface area contributed by atoms with Gasteiger partial charge in [0.2, 0.25) is 0 Å². The number of nitrogens with zero attached hydrogens (tertiary/aromatic N) is 2. The van der Waals surface area contributed by atoms with Crippen LogP contribution in [0.2, 0.25) is 0 Å². The first-order valence-corrected chi connectivity index (χ1v) is 7.60. The average Bonchev–Trinajstić information content (AvgIpc) is 3.03. The topological polar surface area (TPSA) is 55.3 Å². The Hall–Kier alpha value is -0.910. The minimum atomic E-state index is 0.359.